The first kappa shape index (κ1) is 19.5. The number of aliphatic hydroxyl groups excluding tert-OH is 2. The highest BCUT2D eigenvalue weighted by Crippen LogP contribution is 2.69. The third-order valence-electron chi connectivity index (χ3n) is 8.23. The molecule has 0 unspecified atom stereocenters. The summed E-state index contributed by atoms with van der Waals surface area (Å²) >= 11 is 0. The molecule has 3 aliphatic rings. The Kier molecular flexibility index (Phi) is 4.81. The Labute approximate surface area is 156 Å². The summed E-state index contributed by atoms with van der Waals surface area (Å²) in [5, 5.41) is 20.7. The lowest BCUT2D eigenvalue weighted by molar-refractivity contribution is -0.178. The van der Waals surface area contributed by atoms with E-state index in [0.29, 0.717) is 12.8 Å². The number of hydrogen-bond acceptors (Lipinski definition) is 4. The van der Waals surface area contributed by atoms with Crippen LogP contribution in [0.4, 0.5) is 0 Å². The molecular weight excluding hydrogens is 328 g/mol. The number of rotatable bonds is 3. The summed E-state index contributed by atoms with van der Waals surface area (Å²) < 4.78 is 0. The fourth-order valence-corrected chi connectivity index (χ4v) is 6.88. The van der Waals surface area contributed by atoms with E-state index in [1.807, 2.05) is 13.8 Å². The maximum atomic E-state index is 13.0. The van der Waals surface area contributed by atoms with Crippen LogP contribution in [0.3, 0.4) is 0 Å². The van der Waals surface area contributed by atoms with Crippen LogP contribution in [-0.4, -0.2) is 35.0 Å². The lowest BCUT2D eigenvalue weighted by Gasteiger charge is -2.62. The number of Topliss-reactive ketones (excluding diaryl/α,β-unsaturated/α-hetero) is 1. The second-order valence-corrected chi connectivity index (χ2v) is 9.47. The predicted octanol–water partition coefficient (Wildman–Crippen LogP) is 3.22. The molecule has 0 aromatic carbocycles. The van der Waals surface area contributed by atoms with Crippen LogP contribution in [0.5, 0.6) is 0 Å². The molecular formula is C22H32O4. The molecule has 3 aliphatic carbocycles. The molecule has 0 saturated heterocycles. The van der Waals surface area contributed by atoms with Crippen molar-refractivity contribution in [3.05, 3.63) is 23.3 Å². The molecule has 0 aliphatic heterocycles. The molecule has 0 spiro atoms. The molecule has 4 heteroatoms. The Morgan fingerprint density at radius 3 is 2.50 bits per heavy atom. The minimum absolute atomic E-state index is 0.0183. The SMILES string of the molecule is CC(/C=C/C=O)=C1\C(=O)C[C@H]2[C@@]3(C)CC[C@@H](O)[C@](C)(CO)[C@@H]3CC[C@]12C. The smallest absolute Gasteiger partial charge is 0.160 e. The van der Waals surface area contributed by atoms with Gasteiger partial charge in [-0.2, -0.15) is 0 Å². The third-order valence-corrected chi connectivity index (χ3v) is 8.23. The molecule has 6 atom stereocenters. The third kappa shape index (κ3) is 2.49. The van der Waals surface area contributed by atoms with E-state index in [9.17, 15) is 19.8 Å². The van der Waals surface area contributed by atoms with Gasteiger partial charge in [0.25, 0.3) is 0 Å². The zero-order valence-electron chi connectivity index (χ0n) is 16.4. The summed E-state index contributed by atoms with van der Waals surface area (Å²) in [5.41, 5.74) is 1.01. The Morgan fingerprint density at radius 1 is 1.19 bits per heavy atom. The van der Waals surface area contributed by atoms with Crippen LogP contribution in [0.15, 0.2) is 23.3 Å². The van der Waals surface area contributed by atoms with Gasteiger partial charge in [-0.25, -0.2) is 0 Å². The van der Waals surface area contributed by atoms with Gasteiger partial charge in [0.05, 0.1) is 12.7 Å². The number of hydrogen-bond donors (Lipinski definition) is 2. The van der Waals surface area contributed by atoms with Crippen LogP contribution in [0, 0.1) is 28.1 Å². The topological polar surface area (TPSA) is 74.6 Å². The van der Waals surface area contributed by atoms with Crippen LogP contribution in [0.2, 0.25) is 0 Å². The zero-order chi connectivity index (χ0) is 19.3. The summed E-state index contributed by atoms with van der Waals surface area (Å²) in [5.74, 6) is 0.623. The number of carbonyl (C=O) groups excluding carboxylic acids is 2. The maximum Gasteiger partial charge on any atom is 0.160 e. The Morgan fingerprint density at radius 2 is 1.88 bits per heavy atom. The van der Waals surface area contributed by atoms with Crippen molar-refractivity contribution in [1.29, 1.82) is 0 Å². The molecule has 3 rings (SSSR count). The number of aliphatic hydroxyl groups is 2. The van der Waals surface area contributed by atoms with E-state index >= 15 is 0 Å². The van der Waals surface area contributed by atoms with Gasteiger partial charge in [-0.3, -0.25) is 9.59 Å². The quantitative estimate of drug-likeness (QED) is 0.599. The van der Waals surface area contributed by atoms with Gasteiger partial charge in [0.2, 0.25) is 0 Å². The molecule has 0 amide bonds. The summed E-state index contributed by atoms with van der Waals surface area (Å²) in [6.07, 6.45) is 7.35. The van der Waals surface area contributed by atoms with Crippen molar-refractivity contribution in [2.75, 3.05) is 6.61 Å². The van der Waals surface area contributed by atoms with Gasteiger partial charge in [0, 0.05) is 22.8 Å². The fraction of sp³-hybridized carbons (Fsp3) is 0.727. The van der Waals surface area contributed by atoms with Gasteiger partial charge in [-0.1, -0.05) is 26.8 Å². The molecule has 3 saturated carbocycles. The van der Waals surface area contributed by atoms with Crippen LogP contribution in [0.1, 0.15) is 59.8 Å². The summed E-state index contributed by atoms with van der Waals surface area (Å²) in [6.45, 7) is 8.40. The van der Waals surface area contributed by atoms with Gasteiger partial charge >= 0.3 is 0 Å². The maximum absolute atomic E-state index is 13.0. The second-order valence-electron chi connectivity index (χ2n) is 9.47. The van der Waals surface area contributed by atoms with Crippen molar-refractivity contribution in [3.63, 3.8) is 0 Å². The first-order valence-corrected chi connectivity index (χ1v) is 9.80. The van der Waals surface area contributed by atoms with E-state index in [2.05, 4.69) is 13.8 Å². The zero-order valence-corrected chi connectivity index (χ0v) is 16.4. The highest BCUT2D eigenvalue weighted by molar-refractivity contribution is 6.01. The monoisotopic (exact) mass is 360 g/mol. The second kappa shape index (κ2) is 6.42. The molecule has 0 bridgehead atoms. The van der Waals surface area contributed by atoms with Crippen molar-refractivity contribution in [2.45, 2.75) is 65.9 Å². The van der Waals surface area contributed by atoms with Crippen molar-refractivity contribution in [1.82, 2.24) is 0 Å². The molecule has 0 aromatic heterocycles. The predicted molar refractivity (Wildman–Crippen MR) is 100 cm³/mol. The first-order valence-electron chi connectivity index (χ1n) is 9.80. The number of ketones is 1. The van der Waals surface area contributed by atoms with E-state index in [-0.39, 0.29) is 35.1 Å². The molecule has 0 aromatic rings. The Hall–Kier alpha value is -1.26. The first-order chi connectivity index (χ1) is 12.1. The summed E-state index contributed by atoms with van der Waals surface area (Å²) in [6, 6.07) is 0. The van der Waals surface area contributed by atoms with E-state index in [1.165, 1.54) is 6.08 Å². The van der Waals surface area contributed by atoms with E-state index < -0.39 is 11.5 Å². The molecule has 26 heavy (non-hydrogen) atoms. The number of carbonyl (C=O) groups is 2. The Balaban J connectivity index is 2.07. The Bertz CT molecular complexity index is 678. The highest BCUT2D eigenvalue weighted by Gasteiger charge is 2.65. The summed E-state index contributed by atoms with van der Waals surface area (Å²) in [7, 11) is 0. The largest absolute Gasteiger partial charge is 0.396 e. The van der Waals surface area contributed by atoms with Gasteiger partial charge in [0.1, 0.15) is 6.29 Å². The minimum atomic E-state index is -0.504. The van der Waals surface area contributed by atoms with Gasteiger partial charge in [-0.15, -0.1) is 0 Å². The number of fused-ring (bicyclic) bond motifs is 3. The highest BCUT2D eigenvalue weighted by atomic mass is 16.3. The van der Waals surface area contributed by atoms with Crippen molar-refractivity contribution in [3.8, 4) is 0 Å². The minimum Gasteiger partial charge on any atom is -0.396 e. The van der Waals surface area contributed by atoms with E-state index in [1.54, 1.807) is 6.08 Å². The van der Waals surface area contributed by atoms with Gasteiger partial charge in [-0.05, 0) is 61.5 Å². The van der Waals surface area contributed by atoms with Crippen molar-refractivity contribution < 1.29 is 19.8 Å². The number of allylic oxidation sites excluding steroid dienone is 4. The fourth-order valence-electron chi connectivity index (χ4n) is 6.88. The van der Waals surface area contributed by atoms with E-state index in [0.717, 1.165) is 36.7 Å². The molecule has 0 heterocycles. The summed E-state index contributed by atoms with van der Waals surface area (Å²) in [4.78, 5) is 23.7. The molecule has 2 N–H and O–H groups in total. The van der Waals surface area contributed by atoms with Crippen molar-refractivity contribution in [2.24, 2.45) is 28.1 Å². The lowest BCUT2D eigenvalue weighted by atomic mass is 9.43. The molecule has 3 fully saturated rings. The van der Waals surface area contributed by atoms with Gasteiger partial charge < -0.3 is 10.2 Å². The normalized spacial score (nSPS) is 47.6. The van der Waals surface area contributed by atoms with Crippen LogP contribution < -0.4 is 0 Å². The number of aldehydes is 1. The molecule has 144 valence electrons. The van der Waals surface area contributed by atoms with Crippen molar-refractivity contribution >= 4 is 12.1 Å². The average molecular weight is 360 g/mol. The van der Waals surface area contributed by atoms with Gasteiger partial charge in [0.15, 0.2) is 5.78 Å². The average Bonchev–Trinajstić information content (AvgIpc) is 2.88. The van der Waals surface area contributed by atoms with Crippen LogP contribution >= 0.6 is 0 Å². The van der Waals surface area contributed by atoms with Crippen LogP contribution in [0.25, 0.3) is 0 Å². The lowest BCUT2D eigenvalue weighted by Crippen LogP contribution is -2.59. The van der Waals surface area contributed by atoms with Crippen LogP contribution in [-0.2, 0) is 9.59 Å². The van der Waals surface area contributed by atoms with E-state index in [4.69, 9.17) is 0 Å². The standard InChI is InChI=1S/C22H32O4/c1-14(6-5-11-23)19-15(25)12-17-20(2)10-8-18(26)22(4,13-24)16(20)7-9-21(17,19)3/h5-6,11,16-18,24,26H,7-10,12-13H2,1-4H3/b6-5+,19-14-/t16-,17+,18-,20+,21+,22-/m1/s1. The molecule has 0 radical (unpaired) electrons. The molecule has 4 nitrogen and oxygen atoms in total.